The molecule has 3 rings (SSSR count). The van der Waals surface area contributed by atoms with Crippen LogP contribution in [0.4, 0.5) is 0 Å². The number of likely N-dealkylation sites (tertiary alicyclic amines) is 1. The van der Waals surface area contributed by atoms with Crippen molar-refractivity contribution in [2.45, 2.75) is 38.1 Å². The van der Waals surface area contributed by atoms with Crippen molar-refractivity contribution in [3.05, 3.63) is 0 Å². The first-order chi connectivity index (χ1) is 10.8. The van der Waals surface area contributed by atoms with E-state index in [2.05, 4.69) is 5.32 Å². The van der Waals surface area contributed by atoms with Crippen molar-refractivity contribution >= 4 is 23.6 Å². The van der Waals surface area contributed by atoms with E-state index in [-0.39, 0.29) is 17.9 Å². The largest absolute Gasteiger partial charge is 0.339 e. The molecule has 0 aliphatic carbocycles. The molecule has 3 heterocycles. The van der Waals surface area contributed by atoms with Crippen molar-refractivity contribution in [3.8, 4) is 0 Å². The molecule has 3 aliphatic heterocycles. The first-order valence-corrected chi connectivity index (χ1v) is 9.78. The van der Waals surface area contributed by atoms with Crippen LogP contribution in [0.15, 0.2) is 0 Å². The highest BCUT2D eigenvalue weighted by atomic mass is 32.2. The molecule has 6 heteroatoms. The van der Waals surface area contributed by atoms with Gasteiger partial charge in [-0.3, -0.25) is 9.59 Å². The molecule has 0 aromatic rings. The minimum atomic E-state index is -0.183. The molecule has 0 bridgehead atoms. The summed E-state index contributed by atoms with van der Waals surface area (Å²) in [5, 5.41) is 3.35. The lowest BCUT2D eigenvalue weighted by Gasteiger charge is -2.32. The predicted molar refractivity (Wildman–Crippen MR) is 88.9 cm³/mol. The number of nitrogens with zero attached hydrogens (tertiary/aromatic N) is 2. The maximum Gasteiger partial charge on any atom is 0.245 e. The number of carbonyl (C=O) groups excluding carboxylic acids is 2. The van der Waals surface area contributed by atoms with Gasteiger partial charge in [0.2, 0.25) is 11.8 Å². The van der Waals surface area contributed by atoms with Gasteiger partial charge in [-0.25, -0.2) is 0 Å². The zero-order chi connectivity index (χ0) is 15.4. The van der Waals surface area contributed by atoms with Crippen LogP contribution < -0.4 is 5.32 Å². The van der Waals surface area contributed by atoms with E-state index in [4.69, 9.17) is 0 Å². The summed E-state index contributed by atoms with van der Waals surface area (Å²) in [4.78, 5) is 29.1. The van der Waals surface area contributed by atoms with Crippen molar-refractivity contribution in [1.82, 2.24) is 15.1 Å². The summed E-state index contributed by atoms with van der Waals surface area (Å²) in [6, 6.07) is -0.183. The molecule has 0 spiro atoms. The van der Waals surface area contributed by atoms with Crippen LogP contribution in [-0.4, -0.2) is 71.9 Å². The second kappa shape index (κ2) is 7.68. The number of hydrogen-bond acceptors (Lipinski definition) is 4. The van der Waals surface area contributed by atoms with Gasteiger partial charge in [-0.2, -0.15) is 11.8 Å². The van der Waals surface area contributed by atoms with Crippen molar-refractivity contribution in [1.29, 1.82) is 0 Å². The molecule has 3 fully saturated rings. The maximum absolute atomic E-state index is 12.7. The van der Waals surface area contributed by atoms with E-state index in [1.807, 2.05) is 21.6 Å². The molecule has 3 saturated heterocycles. The topological polar surface area (TPSA) is 52.7 Å². The van der Waals surface area contributed by atoms with Crippen LogP contribution in [0.5, 0.6) is 0 Å². The third-order valence-corrected chi connectivity index (χ3v) is 6.05. The lowest BCUT2D eigenvalue weighted by atomic mass is 10.0. The van der Waals surface area contributed by atoms with Gasteiger partial charge in [-0.15, -0.1) is 0 Å². The summed E-state index contributed by atoms with van der Waals surface area (Å²) in [6.45, 7) is 4.57. The number of carbonyl (C=O) groups is 2. The van der Waals surface area contributed by atoms with Gasteiger partial charge in [0, 0.05) is 37.6 Å². The second-order valence-electron chi connectivity index (χ2n) is 6.58. The third kappa shape index (κ3) is 3.77. The number of nitrogens with one attached hydrogen (secondary N) is 1. The molecule has 0 aromatic heterocycles. The van der Waals surface area contributed by atoms with E-state index in [9.17, 15) is 9.59 Å². The molecular weight excluding hydrogens is 298 g/mol. The average molecular weight is 325 g/mol. The van der Waals surface area contributed by atoms with E-state index < -0.39 is 0 Å². The Balaban J connectivity index is 1.52. The third-order valence-electron chi connectivity index (χ3n) is 5.11. The highest BCUT2D eigenvalue weighted by molar-refractivity contribution is 7.99. The van der Waals surface area contributed by atoms with E-state index in [1.165, 1.54) is 6.42 Å². The van der Waals surface area contributed by atoms with Gasteiger partial charge in [-0.1, -0.05) is 0 Å². The van der Waals surface area contributed by atoms with Crippen LogP contribution >= 0.6 is 11.8 Å². The van der Waals surface area contributed by atoms with Crippen LogP contribution in [0.3, 0.4) is 0 Å². The summed E-state index contributed by atoms with van der Waals surface area (Å²) >= 11 is 1.91. The molecule has 1 N–H and O–H groups in total. The molecule has 5 nitrogen and oxygen atoms in total. The number of amides is 2. The van der Waals surface area contributed by atoms with Gasteiger partial charge in [0.25, 0.3) is 0 Å². The first-order valence-electron chi connectivity index (χ1n) is 8.62. The minimum absolute atomic E-state index is 0.183. The van der Waals surface area contributed by atoms with Crippen LogP contribution in [0.25, 0.3) is 0 Å². The summed E-state index contributed by atoms with van der Waals surface area (Å²) in [5.41, 5.74) is 0. The lowest BCUT2D eigenvalue weighted by Crippen LogP contribution is -2.50. The van der Waals surface area contributed by atoms with Crippen LogP contribution in [0.2, 0.25) is 0 Å². The molecule has 22 heavy (non-hydrogen) atoms. The average Bonchev–Trinajstić information content (AvgIpc) is 3.24. The molecule has 2 atom stereocenters. The van der Waals surface area contributed by atoms with Crippen molar-refractivity contribution < 1.29 is 9.59 Å². The van der Waals surface area contributed by atoms with Crippen LogP contribution in [0, 0.1) is 5.92 Å². The lowest BCUT2D eigenvalue weighted by molar-refractivity contribution is -0.143. The van der Waals surface area contributed by atoms with Crippen LogP contribution in [0.1, 0.15) is 32.1 Å². The van der Waals surface area contributed by atoms with E-state index in [0.717, 1.165) is 63.5 Å². The van der Waals surface area contributed by atoms with Gasteiger partial charge in [-0.05, 0) is 44.7 Å². The number of hydrogen-bond donors (Lipinski definition) is 1. The van der Waals surface area contributed by atoms with Crippen molar-refractivity contribution in [2.24, 2.45) is 5.92 Å². The Morgan fingerprint density at radius 2 is 1.95 bits per heavy atom. The Labute approximate surface area is 137 Å². The van der Waals surface area contributed by atoms with E-state index >= 15 is 0 Å². The summed E-state index contributed by atoms with van der Waals surface area (Å²) in [7, 11) is 0. The van der Waals surface area contributed by atoms with Crippen molar-refractivity contribution in [3.63, 3.8) is 0 Å². The molecule has 0 saturated carbocycles. The highest BCUT2D eigenvalue weighted by Crippen LogP contribution is 2.23. The minimum Gasteiger partial charge on any atom is -0.339 e. The van der Waals surface area contributed by atoms with E-state index in [0.29, 0.717) is 12.3 Å². The Morgan fingerprint density at radius 1 is 1.14 bits per heavy atom. The summed E-state index contributed by atoms with van der Waals surface area (Å²) < 4.78 is 0. The Kier molecular flexibility index (Phi) is 5.63. The Bertz CT molecular complexity index is 406. The standard InChI is InChI=1S/C16H27N3O2S/c20-15(4-3-13-5-6-17-12-13)19-7-1-2-14(19)16(21)18-8-10-22-11-9-18/h13-14,17H,1-12H2. The predicted octanol–water partition coefficient (Wildman–Crippen LogP) is 0.943. The SMILES string of the molecule is O=C(C1CCCN1C(=O)CCC1CCNC1)N1CCSCC1. The number of thioether (sulfide) groups is 1. The molecule has 2 amide bonds. The quantitative estimate of drug-likeness (QED) is 0.836. The normalized spacial score (nSPS) is 29.1. The van der Waals surface area contributed by atoms with Crippen LogP contribution in [-0.2, 0) is 9.59 Å². The monoisotopic (exact) mass is 325 g/mol. The van der Waals surface area contributed by atoms with E-state index in [1.54, 1.807) is 0 Å². The maximum atomic E-state index is 12.7. The van der Waals surface area contributed by atoms with Gasteiger partial charge < -0.3 is 15.1 Å². The fraction of sp³-hybridized carbons (Fsp3) is 0.875. The molecular formula is C16H27N3O2S. The van der Waals surface area contributed by atoms with Gasteiger partial charge in [0.15, 0.2) is 0 Å². The summed E-state index contributed by atoms with van der Waals surface area (Å²) in [5.74, 6) is 3.07. The zero-order valence-electron chi connectivity index (χ0n) is 13.3. The molecule has 0 radical (unpaired) electrons. The number of rotatable bonds is 4. The van der Waals surface area contributed by atoms with Gasteiger partial charge in [0.1, 0.15) is 6.04 Å². The fourth-order valence-corrected chi connectivity index (χ4v) is 4.65. The molecule has 2 unspecified atom stereocenters. The highest BCUT2D eigenvalue weighted by Gasteiger charge is 2.36. The van der Waals surface area contributed by atoms with Gasteiger partial charge in [0.05, 0.1) is 0 Å². The second-order valence-corrected chi connectivity index (χ2v) is 7.81. The Hall–Kier alpha value is -0.750. The zero-order valence-corrected chi connectivity index (χ0v) is 14.1. The summed E-state index contributed by atoms with van der Waals surface area (Å²) in [6.07, 6.45) is 4.56. The smallest absolute Gasteiger partial charge is 0.245 e. The van der Waals surface area contributed by atoms with Crippen molar-refractivity contribution in [2.75, 3.05) is 44.2 Å². The molecule has 124 valence electrons. The Morgan fingerprint density at radius 3 is 2.68 bits per heavy atom. The molecule has 0 aromatic carbocycles. The fourth-order valence-electron chi connectivity index (χ4n) is 3.75. The van der Waals surface area contributed by atoms with Gasteiger partial charge >= 0.3 is 0 Å². The first kappa shape index (κ1) is 16.1. The molecule has 3 aliphatic rings.